The molecule has 2 unspecified atom stereocenters. The first-order chi connectivity index (χ1) is 11.9. The highest BCUT2D eigenvalue weighted by atomic mass is 16.6. The molecule has 0 aromatic carbocycles. The lowest BCUT2D eigenvalue weighted by Crippen LogP contribution is -2.45. The third kappa shape index (κ3) is 7.15. The Balaban J connectivity index is 2.58. The van der Waals surface area contributed by atoms with Crippen molar-refractivity contribution in [2.45, 2.75) is 78.9 Å². The van der Waals surface area contributed by atoms with E-state index < -0.39 is 17.8 Å². The van der Waals surface area contributed by atoms with Crippen LogP contribution in [0.5, 0.6) is 0 Å². The van der Waals surface area contributed by atoms with Gasteiger partial charge in [-0.3, -0.25) is 4.79 Å². The van der Waals surface area contributed by atoms with E-state index in [0.717, 1.165) is 32.1 Å². The molecule has 0 radical (unpaired) electrons. The highest BCUT2D eigenvalue weighted by molar-refractivity contribution is 5.84. The molecule has 7 heteroatoms. The number of carbonyl (C=O) groups is 2. The molecule has 0 aliphatic rings. The van der Waals surface area contributed by atoms with Crippen molar-refractivity contribution in [2.24, 2.45) is 5.92 Å². The standard InChI is InChI=1S/C18H29NO6/c1-5-7-8-9-10-15(20)19-16(12(3)6-2)17(21)23-11-14-13(4)24-18(22)25-14/h12,16H,5-11H2,1-4H3,(H,19,20). The molecule has 1 aromatic heterocycles. The number of rotatable bonds is 11. The Kier molecular flexibility index (Phi) is 9.02. The topological polar surface area (TPSA) is 98.8 Å². The number of carbonyl (C=O) groups excluding carboxylic acids is 2. The molecule has 0 saturated carbocycles. The van der Waals surface area contributed by atoms with Crippen LogP contribution in [0.3, 0.4) is 0 Å². The summed E-state index contributed by atoms with van der Waals surface area (Å²) in [5.41, 5.74) is 0. The molecular formula is C18H29NO6. The number of ether oxygens (including phenoxy) is 1. The van der Waals surface area contributed by atoms with E-state index in [-0.39, 0.29) is 30.0 Å². The van der Waals surface area contributed by atoms with Crippen LogP contribution in [0.2, 0.25) is 0 Å². The molecule has 0 aliphatic carbocycles. The molecule has 0 aliphatic heterocycles. The minimum Gasteiger partial charge on any atom is -0.456 e. The van der Waals surface area contributed by atoms with Gasteiger partial charge in [0.2, 0.25) is 5.91 Å². The third-order valence-electron chi connectivity index (χ3n) is 4.22. The summed E-state index contributed by atoms with van der Waals surface area (Å²) in [5.74, 6) is -1.14. The van der Waals surface area contributed by atoms with Crippen LogP contribution in [0.4, 0.5) is 0 Å². The zero-order valence-corrected chi connectivity index (χ0v) is 15.6. The number of unbranched alkanes of at least 4 members (excludes halogenated alkanes) is 3. The summed E-state index contributed by atoms with van der Waals surface area (Å²) in [6.45, 7) is 7.29. The van der Waals surface area contributed by atoms with Gasteiger partial charge < -0.3 is 18.9 Å². The fraction of sp³-hybridized carbons (Fsp3) is 0.722. The van der Waals surface area contributed by atoms with E-state index in [1.165, 1.54) is 0 Å². The predicted octanol–water partition coefficient (Wildman–Crippen LogP) is 3.09. The molecule has 1 aromatic rings. The van der Waals surface area contributed by atoms with Crippen LogP contribution in [0, 0.1) is 12.8 Å². The Morgan fingerprint density at radius 1 is 1.16 bits per heavy atom. The van der Waals surface area contributed by atoms with Crippen LogP contribution < -0.4 is 11.1 Å². The summed E-state index contributed by atoms with van der Waals surface area (Å²) in [5, 5.41) is 2.77. The van der Waals surface area contributed by atoms with Crippen molar-refractivity contribution in [3.8, 4) is 0 Å². The van der Waals surface area contributed by atoms with Crippen molar-refractivity contribution < 1.29 is 23.2 Å². The molecule has 1 heterocycles. The monoisotopic (exact) mass is 355 g/mol. The van der Waals surface area contributed by atoms with Gasteiger partial charge in [-0.25, -0.2) is 9.59 Å². The van der Waals surface area contributed by atoms with Crippen LogP contribution in [0.15, 0.2) is 13.6 Å². The second-order valence-corrected chi connectivity index (χ2v) is 6.28. The van der Waals surface area contributed by atoms with E-state index in [1.807, 2.05) is 13.8 Å². The minimum absolute atomic E-state index is 0.0652. The zero-order valence-electron chi connectivity index (χ0n) is 15.6. The Hall–Kier alpha value is -2.05. The first-order valence-corrected chi connectivity index (χ1v) is 8.94. The first-order valence-electron chi connectivity index (χ1n) is 8.94. The van der Waals surface area contributed by atoms with E-state index >= 15 is 0 Å². The molecule has 25 heavy (non-hydrogen) atoms. The van der Waals surface area contributed by atoms with E-state index in [4.69, 9.17) is 13.6 Å². The van der Waals surface area contributed by atoms with Gasteiger partial charge in [0.15, 0.2) is 18.1 Å². The van der Waals surface area contributed by atoms with E-state index in [9.17, 15) is 14.4 Å². The highest BCUT2D eigenvalue weighted by Gasteiger charge is 2.27. The van der Waals surface area contributed by atoms with Crippen molar-refractivity contribution in [2.75, 3.05) is 0 Å². The largest absolute Gasteiger partial charge is 0.519 e. The van der Waals surface area contributed by atoms with Gasteiger partial charge in [-0.15, -0.1) is 0 Å². The number of hydrogen-bond acceptors (Lipinski definition) is 6. The summed E-state index contributed by atoms with van der Waals surface area (Å²) in [4.78, 5) is 35.4. The lowest BCUT2D eigenvalue weighted by atomic mass is 9.99. The maximum absolute atomic E-state index is 12.4. The zero-order chi connectivity index (χ0) is 18.8. The fourth-order valence-electron chi connectivity index (χ4n) is 2.36. The molecule has 0 spiro atoms. The highest BCUT2D eigenvalue weighted by Crippen LogP contribution is 2.13. The molecule has 2 atom stereocenters. The number of nitrogens with one attached hydrogen (secondary N) is 1. The van der Waals surface area contributed by atoms with Crippen LogP contribution in [0.25, 0.3) is 0 Å². The molecule has 1 amide bonds. The first kappa shape index (κ1) is 21.0. The normalized spacial score (nSPS) is 13.3. The quantitative estimate of drug-likeness (QED) is 0.484. The van der Waals surface area contributed by atoms with Gasteiger partial charge >= 0.3 is 11.8 Å². The van der Waals surface area contributed by atoms with Gasteiger partial charge in [0, 0.05) is 6.42 Å². The van der Waals surface area contributed by atoms with Gasteiger partial charge in [0.05, 0.1) is 0 Å². The number of esters is 1. The lowest BCUT2D eigenvalue weighted by molar-refractivity contribution is -0.151. The minimum atomic E-state index is -0.831. The maximum atomic E-state index is 12.4. The van der Waals surface area contributed by atoms with Crippen LogP contribution in [-0.4, -0.2) is 17.9 Å². The van der Waals surface area contributed by atoms with Gasteiger partial charge in [-0.2, -0.15) is 0 Å². The molecular weight excluding hydrogens is 326 g/mol. The third-order valence-corrected chi connectivity index (χ3v) is 4.22. The second kappa shape index (κ2) is 10.7. The molecule has 0 bridgehead atoms. The average Bonchev–Trinajstić information content (AvgIpc) is 2.91. The molecule has 0 fully saturated rings. The Morgan fingerprint density at radius 3 is 2.44 bits per heavy atom. The van der Waals surface area contributed by atoms with Crippen molar-refractivity contribution >= 4 is 11.9 Å². The van der Waals surface area contributed by atoms with Crippen molar-refractivity contribution in [1.82, 2.24) is 5.32 Å². The van der Waals surface area contributed by atoms with E-state index in [0.29, 0.717) is 6.42 Å². The van der Waals surface area contributed by atoms with Crippen molar-refractivity contribution in [3.05, 3.63) is 22.1 Å². The summed E-state index contributed by atoms with van der Waals surface area (Å²) in [6, 6.07) is -0.720. The SMILES string of the molecule is CCCCCCC(=O)NC(C(=O)OCc1oc(=O)oc1C)C(C)CC. The summed E-state index contributed by atoms with van der Waals surface area (Å²) in [7, 11) is 0. The van der Waals surface area contributed by atoms with Crippen molar-refractivity contribution in [3.63, 3.8) is 0 Å². The van der Waals surface area contributed by atoms with Gasteiger partial charge in [0.1, 0.15) is 6.04 Å². The Morgan fingerprint density at radius 2 is 1.88 bits per heavy atom. The fourth-order valence-corrected chi connectivity index (χ4v) is 2.36. The lowest BCUT2D eigenvalue weighted by Gasteiger charge is -2.22. The average molecular weight is 355 g/mol. The smallest absolute Gasteiger partial charge is 0.456 e. The van der Waals surface area contributed by atoms with E-state index in [2.05, 4.69) is 12.2 Å². The van der Waals surface area contributed by atoms with Crippen LogP contribution in [0.1, 0.15) is 70.8 Å². The van der Waals surface area contributed by atoms with Crippen molar-refractivity contribution in [1.29, 1.82) is 0 Å². The van der Waals surface area contributed by atoms with Gasteiger partial charge in [-0.1, -0.05) is 46.5 Å². The number of amides is 1. The summed E-state index contributed by atoms with van der Waals surface area (Å²) >= 11 is 0. The summed E-state index contributed by atoms with van der Waals surface area (Å²) in [6.07, 6.45) is 5.13. The molecule has 0 saturated heterocycles. The molecule has 1 N–H and O–H groups in total. The van der Waals surface area contributed by atoms with Crippen LogP contribution in [-0.2, 0) is 20.9 Å². The molecule has 7 nitrogen and oxygen atoms in total. The predicted molar refractivity (Wildman–Crippen MR) is 91.9 cm³/mol. The van der Waals surface area contributed by atoms with Gasteiger partial charge in [-0.05, 0) is 19.3 Å². The summed E-state index contributed by atoms with van der Waals surface area (Å²) < 4.78 is 14.7. The Bertz CT molecular complexity index is 603. The number of hydrogen-bond donors (Lipinski definition) is 1. The molecule has 1 rings (SSSR count). The maximum Gasteiger partial charge on any atom is 0.519 e. The second-order valence-electron chi connectivity index (χ2n) is 6.28. The number of aryl methyl sites for hydroxylation is 1. The molecule has 142 valence electrons. The van der Waals surface area contributed by atoms with Crippen LogP contribution >= 0.6 is 0 Å². The van der Waals surface area contributed by atoms with E-state index in [1.54, 1.807) is 6.92 Å². The van der Waals surface area contributed by atoms with Gasteiger partial charge in [0.25, 0.3) is 0 Å². The Labute approximate surface area is 148 Å².